The molecule has 0 bridgehead atoms. The molecule has 0 unspecified atom stereocenters. The second-order valence-corrected chi connectivity index (χ2v) is 6.78. The first-order chi connectivity index (χ1) is 10.0. The van der Waals surface area contributed by atoms with Gasteiger partial charge in [-0.1, -0.05) is 30.3 Å². The largest absolute Gasteiger partial charge is 0.350 e. The lowest BCUT2D eigenvalue weighted by Crippen LogP contribution is -2.30. The van der Waals surface area contributed by atoms with Crippen molar-refractivity contribution < 1.29 is 8.42 Å². The third-order valence-electron chi connectivity index (χ3n) is 3.07. The van der Waals surface area contributed by atoms with E-state index < -0.39 is 9.84 Å². The zero-order chi connectivity index (χ0) is 15.3. The van der Waals surface area contributed by atoms with Crippen molar-refractivity contribution in [1.29, 1.82) is 0 Å². The molecule has 112 valence electrons. The van der Waals surface area contributed by atoms with Gasteiger partial charge in [0.1, 0.15) is 10.7 Å². The van der Waals surface area contributed by atoms with Crippen LogP contribution in [-0.2, 0) is 16.4 Å². The summed E-state index contributed by atoms with van der Waals surface area (Å²) in [6.45, 7) is 1.53. The molecule has 0 fully saturated rings. The molecule has 0 saturated heterocycles. The van der Waals surface area contributed by atoms with Crippen molar-refractivity contribution in [2.45, 2.75) is 11.4 Å². The number of anilines is 1. The Kier molecular flexibility index (Phi) is 4.93. The van der Waals surface area contributed by atoms with E-state index in [2.05, 4.69) is 4.98 Å². The number of nitrogens with two attached hydrogens (primary N) is 1. The van der Waals surface area contributed by atoms with E-state index in [1.54, 1.807) is 18.3 Å². The molecule has 0 amide bonds. The SMILES string of the molecule is CS(=O)(=O)c1cccnc1N(CCN)Cc1ccccc1. The van der Waals surface area contributed by atoms with E-state index in [1.165, 1.54) is 6.26 Å². The highest BCUT2D eigenvalue weighted by molar-refractivity contribution is 7.90. The highest BCUT2D eigenvalue weighted by Gasteiger charge is 2.19. The van der Waals surface area contributed by atoms with Gasteiger partial charge in [0.15, 0.2) is 9.84 Å². The van der Waals surface area contributed by atoms with Crippen LogP contribution in [0.3, 0.4) is 0 Å². The van der Waals surface area contributed by atoms with Crippen molar-refractivity contribution in [3.63, 3.8) is 0 Å². The number of benzene rings is 1. The van der Waals surface area contributed by atoms with E-state index in [-0.39, 0.29) is 4.90 Å². The number of aromatic nitrogens is 1. The monoisotopic (exact) mass is 305 g/mol. The van der Waals surface area contributed by atoms with Gasteiger partial charge in [-0.2, -0.15) is 0 Å². The number of nitrogens with zero attached hydrogens (tertiary/aromatic N) is 2. The lowest BCUT2D eigenvalue weighted by atomic mass is 10.2. The molecule has 2 N–H and O–H groups in total. The first-order valence-electron chi connectivity index (χ1n) is 6.66. The fourth-order valence-corrected chi connectivity index (χ4v) is 2.97. The predicted octanol–water partition coefficient (Wildman–Crippen LogP) is 1.45. The number of hydrogen-bond acceptors (Lipinski definition) is 5. The molecule has 1 aromatic carbocycles. The van der Waals surface area contributed by atoms with Crippen LogP contribution >= 0.6 is 0 Å². The van der Waals surface area contributed by atoms with Gasteiger partial charge in [0.25, 0.3) is 0 Å². The minimum absolute atomic E-state index is 0.231. The Morgan fingerprint density at radius 2 is 1.86 bits per heavy atom. The molecule has 0 saturated carbocycles. The normalized spacial score (nSPS) is 11.3. The molecule has 0 atom stereocenters. The number of sulfone groups is 1. The van der Waals surface area contributed by atoms with E-state index in [4.69, 9.17) is 5.73 Å². The summed E-state index contributed by atoms with van der Waals surface area (Å²) >= 11 is 0. The van der Waals surface area contributed by atoms with Crippen LogP contribution < -0.4 is 10.6 Å². The molecule has 0 aliphatic rings. The Morgan fingerprint density at radius 1 is 1.14 bits per heavy atom. The van der Waals surface area contributed by atoms with Gasteiger partial charge in [0.2, 0.25) is 0 Å². The third-order valence-corrected chi connectivity index (χ3v) is 4.18. The summed E-state index contributed by atoms with van der Waals surface area (Å²) in [7, 11) is -3.33. The van der Waals surface area contributed by atoms with Gasteiger partial charge in [-0.05, 0) is 17.7 Å². The van der Waals surface area contributed by atoms with Crippen LogP contribution in [0.15, 0.2) is 53.6 Å². The van der Waals surface area contributed by atoms with Crippen molar-refractivity contribution in [3.05, 3.63) is 54.2 Å². The molecule has 0 spiro atoms. The van der Waals surface area contributed by atoms with Crippen LogP contribution in [0.1, 0.15) is 5.56 Å². The van der Waals surface area contributed by atoms with E-state index in [9.17, 15) is 8.42 Å². The number of pyridine rings is 1. The lowest BCUT2D eigenvalue weighted by Gasteiger charge is -2.25. The average molecular weight is 305 g/mol. The summed E-state index contributed by atoms with van der Waals surface area (Å²) in [5.74, 6) is 0.453. The molecule has 1 aromatic heterocycles. The maximum atomic E-state index is 11.9. The van der Waals surface area contributed by atoms with Crippen molar-refractivity contribution in [2.24, 2.45) is 5.73 Å². The van der Waals surface area contributed by atoms with Gasteiger partial charge in [-0.15, -0.1) is 0 Å². The highest BCUT2D eigenvalue weighted by Crippen LogP contribution is 2.23. The molecule has 0 radical (unpaired) electrons. The van der Waals surface area contributed by atoms with Gasteiger partial charge in [-0.25, -0.2) is 13.4 Å². The molecular formula is C15H19N3O2S. The van der Waals surface area contributed by atoms with Crippen molar-refractivity contribution in [1.82, 2.24) is 4.98 Å². The van der Waals surface area contributed by atoms with E-state index in [0.717, 1.165) is 5.56 Å². The smallest absolute Gasteiger partial charge is 0.179 e. The van der Waals surface area contributed by atoms with Crippen LogP contribution in [-0.4, -0.2) is 32.7 Å². The van der Waals surface area contributed by atoms with Gasteiger partial charge in [0, 0.05) is 32.1 Å². The Hall–Kier alpha value is -1.92. The molecular weight excluding hydrogens is 286 g/mol. The molecule has 21 heavy (non-hydrogen) atoms. The Balaban J connectivity index is 2.39. The van der Waals surface area contributed by atoms with Crippen molar-refractivity contribution in [2.75, 3.05) is 24.2 Å². The fourth-order valence-electron chi connectivity index (χ4n) is 2.13. The Labute approximate surface area is 125 Å². The quantitative estimate of drug-likeness (QED) is 0.874. The maximum absolute atomic E-state index is 11.9. The molecule has 2 rings (SSSR count). The predicted molar refractivity (Wildman–Crippen MR) is 83.9 cm³/mol. The molecule has 0 aliphatic carbocycles. The van der Waals surface area contributed by atoms with E-state index in [0.29, 0.717) is 25.5 Å². The fraction of sp³-hybridized carbons (Fsp3) is 0.267. The topological polar surface area (TPSA) is 76.3 Å². The van der Waals surface area contributed by atoms with Crippen LogP contribution in [0, 0.1) is 0 Å². The van der Waals surface area contributed by atoms with Crippen LogP contribution in [0.5, 0.6) is 0 Å². The average Bonchev–Trinajstić information content (AvgIpc) is 2.47. The van der Waals surface area contributed by atoms with E-state index >= 15 is 0 Å². The summed E-state index contributed by atoms with van der Waals surface area (Å²) in [5, 5.41) is 0. The minimum atomic E-state index is -3.33. The summed E-state index contributed by atoms with van der Waals surface area (Å²) in [4.78, 5) is 6.38. The number of rotatable bonds is 6. The zero-order valence-corrected chi connectivity index (χ0v) is 12.8. The van der Waals surface area contributed by atoms with Gasteiger partial charge >= 0.3 is 0 Å². The van der Waals surface area contributed by atoms with E-state index in [1.807, 2.05) is 35.2 Å². The van der Waals surface area contributed by atoms with Crippen molar-refractivity contribution >= 4 is 15.7 Å². The zero-order valence-electron chi connectivity index (χ0n) is 11.9. The standard InChI is InChI=1S/C15H19N3O2S/c1-21(19,20)14-8-5-10-17-15(14)18(11-9-16)12-13-6-3-2-4-7-13/h2-8,10H,9,11-12,16H2,1H3. The van der Waals surface area contributed by atoms with Crippen LogP contribution in [0.4, 0.5) is 5.82 Å². The highest BCUT2D eigenvalue weighted by atomic mass is 32.2. The maximum Gasteiger partial charge on any atom is 0.179 e. The van der Waals surface area contributed by atoms with Gasteiger partial charge in [0.05, 0.1) is 0 Å². The second-order valence-electron chi connectivity index (χ2n) is 4.79. The number of hydrogen-bond donors (Lipinski definition) is 1. The Morgan fingerprint density at radius 3 is 2.48 bits per heavy atom. The van der Waals surface area contributed by atoms with Gasteiger partial charge in [-0.3, -0.25) is 0 Å². The summed E-state index contributed by atoms with van der Waals surface area (Å²) < 4.78 is 23.8. The molecule has 0 aliphatic heterocycles. The van der Waals surface area contributed by atoms with Crippen LogP contribution in [0.2, 0.25) is 0 Å². The van der Waals surface area contributed by atoms with Gasteiger partial charge < -0.3 is 10.6 Å². The second kappa shape index (κ2) is 6.69. The molecule has 6 heteroatoms. The first kappa shape index (κ1) is 15.5. The third kappa shape index (κ3) is 4.03. The first-order valence-corrected chi connectivity index (χ1v) is 8.55. The lowest BCUT2D eigenvalue weighted by molar-refractivity contribution is 0.600. The Bertz CT molecular complexity index is 687. The summed E-state index contributed by atoms with van der Waals surface area (Å²) in [6, 6.07) is 13.0. The van der Waals surface area contributed by atoms with Crippen molar-refractivity contribution in [3.8, 4) is 0 Å². The summed E-state index contributed by atoms with van der Waals surface area (Å²) in [5.41, 5.74) is 6.74. The molecule has 2 aromatic rings. The summed E-state index contributed by atoms with van der Waals surface area (Å²) in [6.07, 6.45) is 2.79. The molecule has 1 heterocycles. The molecule has 5 nitrogen and oxygen atoms in total. The minimum Gasteiger partial charge on any atom is -0.350 e. The van der Waals surface area contributed by atoms with Crippen LogP contribution in [0.25, 0.3) is 0 Å².